The van der Waals surface area contributed by atoms with Crippen molar-refractivity contribution < 1.29 is 4.74 Å². The molecular weight excluding hydrogens is 364 g/mol. The number of aliphatic imine (C=N–C) groups is 1. The molecule has 2 saturated heterocycles. The molecule has 29 heavy (non-hydrogen) atoms. The molecule has 0 aromatic carbocycles. The lowest BCUT2D eigenvalue weighted by Gasteiger charge is -2.34. The van der Waals surface area contributed by atoms with Crippen molar-refractivity contribution in [1.82, 2.24) is 20.1 Å². The van der Waals surface area contributed by atoms with Gasteiger partial charge in [-0.15, -0.1) is 0 Å². The minimum absolute atomic E-state index is 0.741. The third-order valence-electron chi connectivity index (χ3n) is 6.19. The largest absolute Gasteiger partial charge is 0.381 e. The summed E-state index contributed by atoms with van der Waals surface area (Å²) in [5.74, 6) is 2.81. The summed E-state index contributed by atoms with van der Waals surface area (Å²) in [6, 6.07) is 4.33. The Balaban J connectivity index is 1.43. The molecule has 1 N–H and O–H groups in total. The SMILES string of the molecule is CCN1CCN(c2ccc(CNC(=NC)N(C)CCC3CCOCC3)cn2)CC1. The van der Waals surface area contributed by atoms with Crippen LogP contribution in [0.5, 0.6) is 0 Å². The van der Waals surface area contributed by atoms with Gasteiger partial charge in [0, 0.05) is 72.8 Å². The summed E-state index contributed by atoms with van der Waals surface area (Å²) < 4.78 is 5.46. The molecule has 1 aromatic heterocycles. The molecule has 0 amide bonds. The third-order valence-corrected chi connectivity index (χ3v) is 6.19. The maximum atomic E-state index is 5.46. The molecule has 0 radical (unpaired) electrons. The Hall–Kier alpha value is -1.86. The van der Waals surface area contributed by atoms with Crippen LogP contribution in [0.3, 0.4) is 0 Å². The van der Waals surface area contributed by atoms with E-state index in [0.717, 1.165) is 76.7 Å². The van der Waals surface area contributed by atoms with E-state index in [9.17, 15) is 0 Å². The van der Waals surface area contributed by atoms with Crippen molar-refractivity contribution in [3.63, 3.8) is 0 Å². The zero-order valence-electron chi connectivity index (χ0n) is 18.4. The van der Waals surface area contributed by atoms with Crippen LogP contribution in [-0.4, -0.2) is 87.3 Å². The summed E-state index contributed by atoms with van der Waals surface area (Å²) >= 11 is 0. The number of hydrogen-bond donors (Lipinski definition) is 1. The van der Waals surface area contributed by atoms with Crippen LogP contribution in [0.1, 0.15) is 31.7 Å². The molecule has 7 heteroatoms. The monoisotopic (exact) mass is 402 g/mol. The van der Waals surface area contributed by atoms with Gasteiger partial charge in [-0.1, -0.05) is 13.0 Å². The highest BCUT2D eigenvalue weighted by molar-refractivity contribution is 5.79. The highest BCUT2D eigenvalue weighted by Gasteiger charge is 2.17. The molecule has 2 aliphatic heterocycles. The first-order valence-electron chi connectivity index (χ1n) is 11.1. The molecule has 2 fully saturated rings. The van der Waals surface area contributed by atoms with Gasteiger partial charge in [-0.2, -0.15) is 0 Å². The van der Waals surface area contributed by atoms with Crippen LogP contribution in [0.15, 0.2) is 23.3 Å². The predicted octanol–water partition coefficient (Wildman–Crippen LogP) is 2.05. The summed E-state index contributed by atoms with van der Waals surface area (Å²) in [6.07, 6.45) is 5.56. The number of rotatable bonds is 7. The maximum absolute atomic E-state index is 5.46. The zero-order chi connectivity index (χ0) is 20.5. The van der Waals surface area contributed by atoms with E-state index < -0.39 is 0 Å². The first kappa shape index (κ1) is 21.8. The molecule has 0 bridgehead atoms. The fraction of sp³-hybridized carbons (Fsp3) is 0.727. The van der Waals surface area contributed by atoms with Crippen molar-refractivity contribution in [3.8, 4) is 0 Å². The number of guanidine groups is 1. The molecule has 0 saturated carbocycles. The topological polar surface area (TPSA) is 56.2 Å². The summed E-state index contributed by atoms with van der Waals surface area (Å²) in [7, 11) is 3.97. The number of nitrogens with zero attached hydrogens (tertiary/aromatic N) is 5. The second kappa shape index (κ2) is 11.4. The van der Waals surface area contributed by atoms with Gasteiger partial charge >= 0.3 is 0 Å². The average molecular weight is 403 g/mol. The number of pyridine rings is 1. The predicted molar refractivity (Wildman–Crippen MR) is 120 cm³/mol. The van der Waals surface area contributed by atoms with Crippen LogP contribution in [0.25, 0.3) is 0 Å². The Morgan fingerprint density at radius 3 is 2.62 bits per heavy atom. The smallest absolute Gasteiger partial charge is 0.193 e. The summed E-state index contributed by atoms with van der Waals surface area (Å²) in [5, 5.41) is 3.48. The number of hydrogen-bond acceptors (Lipinski definition) is 5. The Kier molecular flexibility index (Phi) is 8.55. The summed E-state index contributed by atoms with van der Waals surface area (Å²) in [5.41, 5.74) is 1.18. The van der Waals surface area contributed by atoms with E-state index in [4.69, 9.17) is 9.72 Å². The van der Waals surface area contributed by atoms with Gasteiger partial charge < -0.3 is 24.8 Å². The first-order valence-corrected chi connectivity index (χ1v) is 11.1. The van der Waals surface area contributed by atoms with Gasteiger partial charge in [-0.05, 0) is 43.4 Å². The van der Waals surface area contributed by atoms with Gasteiger partial charge in [0.15, 0.2) is 5.96 Å². The molecule has 162 valence electrons. The van der Waals surface area contributed by atoms with Crippen molar-refractivity contribution >= 4 is 11.8 Å². The normalized spacial score (nSPS) is 19.4. The van der Waals surface area contributed by atoms with Gasteiger partial charge in [0.1, 0.15) is 5.82 Å². The van der Waals surface area contributed by atoms with E-state index in [1.165, 1.54) is 24.8 Å². The lowest BCUT2D eigenvalue weighted by molar-refractivity contribution is 0.0625. The molecule has 0 atom stereocenters. The highest BCUT2D eigenvalue weighted by atomic mass is 16.5. The van der Waals surface area contributed by atoms with E-state index in [1.807, 2.05) is 13.2 Å². The van der Waals surface area contributed by atoms with Gasteiger partial charge in [0.2, 0.25) is 0 Å². The fourth-order valence-corrected chi connectivity index (χ4v) is 4.08. The lowest BCUT2D eigenvalue weighted by Crippen LogP contribution is -2.46. The Morgan fingerprint density at radius 1 is 1.24 bits per heavy atom. The van der Waals surface area contributed by atoms with Gasteiger partial charge in [-0.25, -0.2) is 4.98 Å². The highest BCUT2D eigenvalue weighted by Crippen LogP contribution is 2.18. The number of aromatic nitrogens is 1. The third kappa shape index (κ3) is 6.57. The second-order valence-electron chi connectivity index (χ2n) is 8.11. The number of piperazine rings is 1. The first-order chi connectivity index (χ1) is 14.2. The number of nitrogens with one attached hydrogen (secondary N) is 1. The van der Waals surface area contributed by atoms with E-state index in [-0.39, 0.29) is 0 Å². The van der Waals surface area contributed by atoms with E-state index in [1.54, 1.807) is 0 Å². The second-order valence-corrected chi connectivity index (χ2v) is 8.11. The Morgan fingerprint density at radius 2 is 2.00 bits per heavy atom. The Labute approximate surface area is 176 Å². The molecule has 3 rings (SSSR count). The van der Waals surface area contributed by atoms with Crippen LogP contribution >= 0.6 is 0 Å². The van der Waals surface area contributed by atoms with Crippen LogP contribution < -0.4 is 10.2 Å². The van der Waals surface area contributed by atoms with Crippen molar-refractivity contribution in [2.45, 2.75) is 32.7 Å². The van der Waals surface area contributed by atoms with E-state index >= 15 is 0 Å². The van der Waals surface area contributed by atoms with E-state index in [0.29, 0.717) is 0 Å². The minimum Gasteiger partial charge on any atom is -0.381 e. The molecule has 7 nitrogen and oxygen atoms in total. The maximum Gasteiger partial charge on any atom is 0.193 e. The molecule has 0 aliphatic carbocycles. The van der Waals surface area contributed by atoms with E-state index in [2.05, 4.69) is 51.1 Å². The van der Waals surface area contributed by atoms with Crippen LogP contribution in [0.2, 0.25) is 0 Å². The summed E-state index contributed by atoms with van der Waals surface area (Å²) in [4.78, 5) is 16.2. The van der Waals surface area contributed by atoms with Crippen LogP contribution in [0, 0.1) is 5.92 Å². The number of likely N-dealkylation sites (N-methyl/N-ethyl adjacent to an activating group) is 1. The molecule has 2 aliphatic rings. The molecular formula is C22H38N6O. The minimum atomic E-state index is 0.741. The quantitative estimate of drug-likeness (QED) is 0.556. The summed E-state index contributed by atoms with van der Waals surface area (Å²) in [6.45, 7) is 11.3. The van der Waals surface area contributed by atoms with Crippen molar-refractivity contribution in [2.24, 2.45) is 10.9 Å². The average Bonchev–Trinajstić information content (AvgIpc) is 2.79. The van der Waals surface area contributed by atoms with Crippen LogP contribution in [0.4, 0.5) is 5.82 Å². The van der Waals surface area contributed by atoms with Gasteiger partial charge in [0.25, 0.3) is 0 Å². The number of anilines is 1. The zero-order valence-corrected chi connectivity index (χ0v) is 18.4. The van der Waals surface area contributed by atoms with Crippen molar-refractivity contribution in [2.75, 3.05) is 71.5 Å². The molecule has 0 unspecified atom stereocenters. The van der Waals surface area contributed by atoms with Crippen LogP contribution in [-0.2, 0) is 11.3 Å². The molecule has 0 spiro atoms. The Bertz CT molecular complexity index is 621. The van der Waals surface area contributed by atoms with Gasteiger partial charge in [0.05, 0.1) is 0 Å². The van der Waals surface area contributed by atoms with Crippen molar-refractivity contribution in [3.05, 3.63) is 23.9 Å². The van der Waals surface area contributed by atoms with Crippen molar-refractivity contribution in [1.29, 1.82) is 0 Å². The lowest BCUT2D eigenvalue weighted by atomic mass is 9.96. The molecule has 1 aromatic rings. The standard InChI is InChI=1S/C22H38N6O/c1-4-27-11-13-28(14-12-27)21-6-5-20(17-24-21)18-25-22(23-2)26(3)10-7-19-8-15-29-16-9-19/h5-6,17,19H,4,7-16,18H2,1-3H3,(H,23,25). The fourth-order valence-electron chi connectivity index (χ4n) is 4.08. The number of ether oxygens (including phenoxy) is 1. The molecule has 3 heterocycles. The van der Waals surface area contributed by atoms with Gasteiger partial charge in [-0.3, -0.25) is 4.99 Å².